The first kappa shape index (κ1) is 9.35. The average Bonchev–Trinajstić information content (AvgIpc) is 2.83. The predicted octanol–water partition coefficient (Wildman–Crippen LogP) is 2.35. The smallest absolute Gasteiger partial charge is 0.178 e. The average molecular weight is 230 g/mol. The Kier molecular flexibility index (Phi) is 1.94. The zero-order valence-corrected chi connectivity index (χ0v) is 9.53. The summed E-state index contributed by atoms with van der Waals surface area (Å²) in [7, 11) is 0. The van der Waals surface area contributed by atoms with E-state index in [4.69, 9.17) is 5.73 Å². The summed E-state index contributed by atoms with van der Waals surface area (Å²) < 4.78 is 1.92. The normalized spacial score (nSPS) is 11.1. The van der Waals surface area contributed by atoms with Gasteiger partial charge in [-0.1, -0.05) is 0 Å². The zero-order valence-electron chi connectivity index (χ0n) is 8.71. The predicted molar refractivity (Wildman–Crippen MR) is 65.4 cm³/mol. The Labute approximate surface area is 96.4 Å². The Bertz CT molecular complexity index is 653. The Morgan fingerprint density at radius 3 is 2.81 bits per heavy atom. The third-order valence-corrected chi connectivity index (χ3v) is 3.38. The number of thiophene rings is 1. The Hall–Kier alpha value is -1.88. The first-order valence-electron chi connectivity index (χ1n) is 4.91. The molecule has 0 fully saturated rings. The van der Waals surface area contributed by atoms with E-state index in [2.05, 4.69) is 29.3 Å². The minimum Gasteiger partial charge on any atom is -0.398 e. The van der Waals surface area contributed by atoms with Crippen LogP contribution in [0.3, 0.4) is 0 Å². The van der Waals surface area contributed by atoms with Crippen molar-refractivity contribution in [2.24, 2.45) is 0 Å². The van der Waals surface area contributed by atoms with Gasteiger partial charge in [0, 0.05) is 16.8 Å². The summed E-state index contributed by atoms with van der Waals surface area (Å²) in [6.07, 6.45) is 1.85. The van der Waals surface area contributed by atoms with E-state index >= 15 is 0 Å². The Balaban J connectivity index is 2.27. The van der Waals surface area contributed by atoms with E-state index in [0.29, 0.717) is 5.69 Å². The van der Waals surface area contributed by atoms with Crippen LogP contribution in [0.15, 0.2) is 30.5 Å². The molecule has 3 heterocycles. The number of anilines is 1. The largest absolute Gasteiger partial charge is 0.398 e. The summed E-state index contributed by atoms with van der Waals surface area (Å²) >= 11 is 1.70. The van der Waals surface area contributed by atoms with Gasteiger partial charge in [0.15, 0.2) is 11.5 Å². The highest BCUT2D eigenvalue weighted by Crippen LogP contribution is 2.26. The molecule has 4 nitrogen and oxygen atoms in total. The summed E-state index contributed by atoms with van der Waals surface area (Å²) in [5.41, 5.74) is 7.29. The molecule has 3 rings (SSSR count). The van der Waals surface area contributed by atoms with Crippen LogP contribution < -0.4 is 5.73 Å². The van der Waals surface area contributed by atoms with Gasteiger partial charge in [0.25, 0.3) is 0 Å². The van der Waals surface area contributed by atoms with Crippen LogP contribution in [-0.2, 0) is 0 Å². The summed E-state index contributed by atoms with van der Waals surface area (Å²) in [5, 5.41) is 8.30. The van der Waals surface area contributed by atoms with Gasteiger partial charge >= 0.3 is 0 Å². The van der Waals surface area contributed by atoms with Crippen LogP contribution in [0, 0.1) is 6.92 Å². The van der Waals surface area contributed by atoms with Gasteiger partial charge < -0.3 is 5.73 Å². The van der Waals surface area contributed by atoms with Crippen molar-refractivity contribution in [2.45, 2.75) is 6.92 Å². The van der Waals surface area contributed by atoms with Crippen molar-refractivity contribution < 1.29 is 0 Å². The molecule has 0 bridgehead atoms. The highest BCUT2D eigenvalue weighted by molar-refractivity contribution is 7.15. The molecule has 0 radical (unpaired) electrons. The number of nitrogen functional groups attached to an aromatic ring is 1. The Morgan fingerprint density at radius 2 is 2.06 bits per heavy atom. The zero-order chi connectivity index (χ0) is 11.1. The number of pyridine rings is 1. The number of nitrogens with zero attached hydrogens (tertiary/aromatic N) is 3. The van der Waals surface area contributed by atoms with Gasteiger partial charge in [-0.3, -0.25) is 4.40 Å². The number of rotatable bonds is 1. The fourth-order valence-electron chi connectivity index (χ4n) is 1.63. The van der Waals surface area contributed by atoms with Gasteiger partial charge in [0.05, 0.1) is 4.88 Å². The fraction of sp³-hybridized carbons (Fsp3) is 0.0909. The van der Waals surface area contributed by atoms with Gasteiger partial charge in [-0.25, -0.2) is 0 Å². The maximum Gasteiger partial charge on any atom is 0.178 e. The van der Waals surface area contributed by atoms with Gasteiger partial charge in [0.2, 0.25) is 0 Å². The molecule has 0 aliphatic heterocycles. The molecule has 0 aliphatic carbocycles. The number of aromatic nitrogens is 3. The van der Waals surface area contributed by atoms with Crippen molar-refractivity contribution in [3.05, 3.63) is 35.3 Å². The molecular weight excluding hydrogens is 220 g/mol. The summed E-state index contributed by atoms with van der Waals surface area (Å²) in [4.78, 5) is 2.37. The maximum absolute atomic E-state index is 5.76. The van der Waals surface area contributed by atoms with Crippen LogP contribution >= 0.6 is 11.3 Å². The molecule has 0 saturated heterocycles. The van der Waals surface area contributed by atoms with Crippen LogP contribution in [0.4, 0.5) is 5.69 Å². The van der Waals surface area contributed by atoms with Crippen LogP contribution in [0.5, 0.6) is 0 Å². The van der Waals surface area contributed by atoms with Crippen molar-refractivity contribution in [3.63, 3.8) is 0 Å². The molecule has 0 spiro atoms. The minimum atomic E-state index is 0.710. The van der Waals surface area contributed by atoms with Crippen LogP contribution in [0.25, 0.3) is 16.3 Å². The molecule has 2 N–H and O–H groups in total. The van der Waals surface area contributed by atoms with E-state index in [1.165, 1.54) is 4.88 Å². The van der Waals surface area contributed by atoms with E-state index in [0.717, 1.165) is 16.3 Å². The molecule has 3 aromatic rings. The molecular formula is C11H10N4S. The first-order chi connectivity index (χ1) is 7.74. The van der Waals surface area contributed by atoms with Crippen molar-refractivity contribution in [1.82, 2.24) is 14.6 Å². The third-order valence-electron chi connectivity index (χ3n) is 2.39. The quantitative estimate of drug-likeness (QED) is 0.698. The fourth-order valence-corrected chi connectivity index (χ4v) is 2.48. The lowest BCUT2D eigenvalue weighted by molar-refractivity contribution is 1.12. The summed E-state index contributed by atoms with van der Waals surface area (Å²) in [6, 6.07) is 7.83. The lowest BCUT2D eigenvalue weighted by Crippen LogP contribution is -1.91. The maximum atomic E-state index is 5.76. The number of aryl methyl sites for hydroxylation is 1. The molecule has 0 unspecified atom stereocenters. The molecule has 3 aromatic heterocycles. The summed E-state index contributed by atoms with van der Waals surface area (Å²) in [6.45, 7) is 2.08. The van der Waals surface area contributed by atoms with Crippen LogP contribution in [-0.4, -0.2) is 14.6 Å². The SMILES string of the molecule is Cc1ccc(-c2nnc3ccc(N)cn23)s1. The summed E-state index contributed by atoms with van der Waals surface area (Å²) in [5.74, 6) is 0.848. The van der Waals surface area contributed by atoms with Gasteiger partial charge in [0.1, 0.15) is 0 Å². The highest BCUT2D eigenvalue weighted by Gasteiger charge is 2.09. The van der Waals surface area contributed by atoms with E-state index < -0.39 is 0 Å². The Morgan fingerprint density at radius 1 is 1.19 bits per heavy atom. The van der Waals surface area contributed by atoms with E-state index in [-0.39, 0.29) is 0 Å². The monoisotopic (exact) mass is 230 g/mol. The standard InChI is InChI=1S/C11H10N4S/c1-7-2-4-9(16-7)11-14-13-10-5-3-8(12)6-15(10)11/h2-6H,12H2,1H3. The molecule has 0 aliphatic rings. The molecule has 0 amide bonds. The van der Waals surface area contributed by atoms with Crippen LogP contribution in [0.2, 0.25) is 0 Å². The third kappa shape index (κ3) is 1.37. The van der Waals surface area contributed by atoms with Crippen molar-refractivity contribution >= 4 is 22.7 Å². The van der Waals surface area contributed by atoms with E-state index in [1.807, 2.05) is 22.7 Å². The molecule has 0 aromatic carbocycles. The lowest BCUT2D eigenvalue weighted by atomic mass is 10.4. The van der Waals surface area contributed by atoms with Crippen molar-refractivity contribution in [1.29, 1.82) is 0 Å². The molecule has 5 heteroatoms. The van der Waals surface area contributed by atoms with Gasteiger partial charge in [-0.2, -0.15) is 0 Å². The molecule has 16 heavy (non-hydrogen) atoms. The lowest BCUT2D eigenvalue weighted by Gasteiger charge is -1.97. The van der Waals surface area contributed by atoms with Gasteiger partial charge in [-0.15, -0.1) is 21.5 Å². The van der Waals surface area contributed by atoms with E-state index in [1.54, 1.807) is 11.3 Å². The first-order valence-corrected chi connectivity index (χ1v) is 5.73. The second-order valence-corrected chi connectivity index (χ2v) is 4.91. The van der Waals surface area contributed by atoms with E-state index in [9.17, 15) is 0 Å². The number of hydrogen-bond donors (Lipinski definition) is 1. The number of hydrogen-bond acceptors (Lipinski definition) is 4. The van der Waals surface area contributed by atoms with Crippen molar-refractivity contribution in [2.75, 3.05) is 5.73 Å². The van der Waals surface area contributed by atoms with Crippen molar-refractivity contribution in [3.8, 4) is 10.7 Å². The molecule has 0 saturated carbocycles. The topological polar surface area (TPSA) is 56.2 Å². The number of fused-ring (bicyclic) bond motifs is 1. The molecule has 80 valence electrons. The second kappa shape index (κ2) is 3.31. The second-order valence-electron chi connectivity index (χ2n) is 3.62. The molecule has 0 atom stereocenters. The van der Waals surface area contributed by atoms with Gasteiger partial charge in [-0.05, 0) is 31.2 Å². The highest BCUT2D eigenvalue weighted by atomic mass is 32.1. The minimum absolute atomic E-state index is 0.710. The number of nitrogens with two attached hydrogens (primary N) is 1. The van der Waals surface area contributed by atoms with Crippen LogP contribution in [0.1, 0.15) is 4.88 Å².